The van der Waals surface area contributed by atoms with Crippen LogP contribution < -0.4 is 9.62 Å². The Balaban J connectivity index is 1.82. The third kappa shape index (κ3) is 5.05. The quantitative estimate of drug-likeness (QED) is 0.697. The van der Waals surface area contributed by atoms with Crippen LogP contribution in [0.25, 0.3) is 0 Å². The third-order valence-corrected chi connectivity index (χ3v) is 6.85. The van der Waals surface area contributed by atoms with Gasteiger partial charge in [-0.05, 0) is 68.0 Å². The highest BCUT2D eigenvalue weighted by Gasteiger charge is 2.30. The number of nitrogens with zero attached hydrogens (tertiary/aromatic N) is 1. The molecule has 0 fully saturated rings. The summed E-state index contributed by atoms with van der Waals surface area (Å²) in [7, 11) is -3.75. The van der Waals surface area contributed by atoms with E-state index < -0.39 is 22.0 Å². The minimum absolute atomic E-state index is 0.248. The first kappa shape index (κ1) is 21.9. The first-order valence-electron chi connectivity index (χ1n) is 9.44. The van der Waals surface area contributed by atoms with E-state index in [2.05, 4.69) is 17.4 Å². The first-order valence-corrected chi connectivity index (χ1v) is 12.0. The SMILES string of the molecule is C[C@@H](NC(=O)[C@H](C)N(c1cc(Cl)cc(Cl)c1)S(C)(=O)=O)c1ccc2c(c1)CCC2. The lowest BCUT2D eigenvalue weighted by molar-refractivity contribution is -0.122. The zero-order chi connectivity index (χ0) is 21.3. The number of carbonyl (C=O) groups excluding carboxylic acids is 1. The second kappa shape index (κ2) is 8.54. The Bertz CT molecular complexity index is 1020. The monoisotopic (exact) mass is 454 g/mol. The van der Waals surface area contributed by atoms with E-state index in [0.29, 0.717) is 10.0 Å². The van der Waals surface area contributed by atoms with Crippen LogP contribution in [0.4, 0.5) is 5.69 Å². The lowest BCUT2D eigenvalue weighted by Gasteiger charge is -2.29. The molecule has 0 spiro atoms. The van der Waals surface area contributed by atoms with E-state index >= 15 is 0 Å². The van der Waals surface area contributed by atoms with Crippen molar-refractivity contribution in [2.45, 2.75) is 45.2 Å². The molecule has 1 amide bonds. The highest BCUT2D eigenvalue weighted by Crippen LogP contribution is 2.29. The molecule has 1 aliphatic rings. The molecule has 2 atom stereocenters. The van der Waals surface area contributed by atoms with E-state index in [1.54, 1.807) is 6.92 Å². The number of aryl methyl sites for hydroxylation is 2. The molecular weight excluding hydrogens is 431 g/mol. The molecule has 0 saturated carbocycles. The maximum Gasteiger partial charge on any atom is 0.244 e. The Morgan fingerprint density at radius 1 is 1.03 bits per heavy atom. The van der Waals surface area contributed by atoms with E-state index in [1.807, 2.05) is 13.0 Å². The number of anilines is 1. The van der Waals surface area contributed by atoms with E-state index in [0.717, 1.165) is 35.4 Å². The number of fused-ring (bicyclic) bond motifs is 1. The molecule has 156 valence electrons. The molecular formula is C21H24Cl2N2O3S. The molecule has 29 heavy (non-hydrogen) atoms. The molecule has 3 rings (SSSR count). The summed E-state index contributed by atoms with van der Waals surface area (Å²) in [4.78, 5) is 12.9. The molecule has 0 unspecified atom stereocenters. The van der Waals surface area contributed by atoms with Gasteiger partial charge in [-0.1, -0.05) is 41.4 Å². The number of carbonyl (C=O) groups is 1. The fourth-order valence-corrected chi connectivity index (χ4v) is 5.43. The molecule has 2 aromatic carbocycles. The molecule has 0 aromatic heterocycles. The van der Waals surface area contributed by atoms with Gasteiger partial charge in [-0.3, -0.25) is 9.10 Å². The lowest BCUT2D eigenvalue weighted by atomic mass is 10.0. The van der Waals surface area contributed by atoms with Gasteiger partial charge in [0.2, 0.25) is 15.9 Å². The highest BCUT2D eigenvalue weighted by molar-refractivity contribution is 7.92. The Morgan fingerprint density at radius 2 is 1.66 bits per heavy atom. The molecule has 0 bridgehead atoms. The summed E-state index contributed by atoms with van der Waals surface area (Å²) in [6.45, 7) is 3.43. The van der Waals surface area contributed by atoms with E-state index in [4.69, 9.17) is 23.2 Å². The maximum absolute atomic E-state index is 12.9. The maximum atomic E-state index is 12.9. The molecule has 0 aliphatic heterocycles. The fraction of sp³-hybridized carbons (Fsp3) is 0.381. The Labute approximate surface area is 182 Å². The van der Waals surface area contributed by atoms with E-state index in [1.165, 1.54) is 29.3 Å². The van der Waals surface area contributed by atoms with Gasteiger partial charge in [-0.2, -0.15) is 0 Å². The zero-order valence-electron chi connectivity index (χ0n) is 16.6. The summed E-state index contributed by atoms with van der Waals surface area (Å²) in [5.41, 5.74) is 3.94. The molecule has 8 heteroatoms. The summed E-state index contributed by atoms with van der Waals surface area (Å²) in [5.74, 6) is -0.403. The highest BCUT2D eigenvalue weighted by atomic mass is 35.5. The molecule has 0 heterocycles. The van der Waals surface area contributed by atoms with Crippen LogP contribution in [0.1, 0.15) is 43.0 Å². The standard InChI is InChI=1S/C21H24Cl2N2O3S/c1-13(16-8-7-15-5-4-6-17(15)9-16)24-21(26)14(2)25(29(3,27)28)20-11-18(22)10-19(23)12-20/h7-14H,4-6H2,1-3H3,(H,24,26)/t13-,14+/m1/s1. The average molecular weight is 455 g/mol. The lowest BCUT2D eigenvalue weighted by Crippen LogP contribution is -2.48. The second-order valence-electron chi connectivity index (χ2n) is 7.47. The van der Waals surface area contributed by atoms with E-state index in [9.17, 15) is 13.2 Å². The molecule has 2 aromatic rings. The van der Waals surface area contributed by atoms with E-state index in [-0.39, 0.29) is 11.7 Å². The van der Waals surface area contributed by atoms with Gasteiger partial charge in [0.25, 0.3) is 0 Å². The predicted octanol–water partition coefficient (Wildman–Crippen LogP) is 4.51. The number of halogens is 2. The van der Waals surface area contributed by atoms with Crippen molar-refractivity contribution in [2.24, 2.45) is 0 Å². The van der Waals surface area contributed by atoms with Crippen LogP contribution in [0.2, 0.25) is 10.0 Å². The molecule has 5 nitrogen and oxygen atoms in total. The van der Waals surface area contributed by atoms with Gasteiger partial charge < -0.3 is 5.32 Å². The molecule has 1 N–H and O–H groups in total. The van der Waals surface area contributed by atoms with Gasteiger partial charge in [-0.15, -0.1) is 0 Å². The minimum Gasteiger partial charge on any atom is -0.348 e. The van der Waals surface area contributed by atoms with Crippen molar-refractivity contribution < 1.29 is 13.2 Å². The average Bonchev–Trinajstić information content (AvgIpc) is 3.07. The van der Waals surface area contributed by atoms with Gasteiger partial charge in [0.05, 0.1) is 18.0 Å². The fourth-order valence-electron chi connectivity index (χ4n) is 3.75. The number of amides is 1. The molecule has 1 aliphatic carbocycles. The zero-order valence-corrected chi connectivity index (χ0v) is 18.9. The van der Waals surface area contributed by atoms with Crippen molar-refractivity contribution in [3.8, 4) is 0 Å². The van der Waals surface area contributed by atoms with Crippen molar-refractivity contribution >= 4 is 44.8 Å². The summed E-state index contributed by atoms with van der Waals surface area (Å²) >= 11 is 12.1. The minimum atomic E-state index is -3.75. The summed E-state index contributed by atoms with van der Waals surface area (Å²) in [5, 5.41) is 3.51. The van der Waals surface area contributed by atoms with Crippen molar-refractivity contribution in [1.82, 2.24) is 5.32 Å². The topological polar surface area (TPSA) is 66.5 Å². The largest absolute Gasteiger partial charge is 0.348 e. The van der Waals surface area contributed by atoms with Gasteiger partial charge in [-0.25, -0.2) is 8.42 Å². The van der Waals surface area contributed by atoms with Gasteiger partial charge in [0.15, 0.2) is 0 Å². The van der Waals surface area contributed by atoms with Crippen LogP contribution >= 0.6 is 23.2 Å². The summed E-state index contributed by atoms with van der Waals surface area (Å²) in [6.07, 6.45) is 4.36. The number of benzene rings is 2. The number of nitrogens with one attached hydrogen (secondary N) is 1. The normalized spacial score (nSPS) is 15.5. The number of rotatable bonds is 6. The Morgan fingerprint density at radius 3 is 2.28 bits per heavy atom. The van der Waals surface area contributed by atoms with Gasteiger partial charge >= 0.3 is 0 Å². The molecule has 0 radical (unpaired) electrons. The van der Waals surface area contributed by atoms with Gasteiger partial charge in [0, 0.05) is 10.0 Å². The first-order chi connectivity index (χ1) is 13.6. The van der Waals surface area contributed by atoms with Crippen molar-refractivity contribution in [2.75, 3.05) is 10.6 Å². The van der Waals surface area contributed by atoms with Crippen LogP contribution in [0.15, 0.2) is 36.4 Å². The number of sulfonamides is 1. The second-order valence-corrected chi connectivity index (χ2v) is 10.2. The summed E-state index contributed by atoms with van der Waals surface area (Å²) in [6, 6.07) is 9.49. The van der Waals surface area contributed by atoms with Crippen LogP contribution in [0.3, 0.4) is 0 Å². The number of hydrogen-bond acceptors (Lipinski definition) is 3. The van der Waals surface area contributed by atoms with Crippen molar-refractivity contribution in [3.63, 3.8) is 0 Å². The summed E-state index contributed by atoms with van der Waals surface area (Å²) < 4.78 is 25.9. The van der Waals surface area contributed by atoms with Crippen LogP contribution in [-0.4, -0.2) is 26.6 Å². The van der Waals surface area contributed by atoms with Crippen LogP contribution in [-0.2, 0) is 27.7 Å². The van der Waals surface area contributed by atoms with Gasteiger partial charge in [0.1, 0.15) is 6.04 Å². The third-order valence-electron chi connectivity index (χ3n) is 5.17. The predicted molar refractivity (Wildman–Crippen MR) is 118 cm³/mol. The van der Waals surface area contributed by atoms with Crippen LogP contribution in [0.5, 0.6) is 0 Å². The van der Waals surface area contributed by atoms with Crippen LogP contribution in [0, 0.1) is 0 Å². The van der Waals surface area contributed by atoms with Crippen molar-refractivity contribution in [3.05, 3.63) is 63.1 Å². The Kier molecular flexibility index (Phi) is 6.46. The molecule has 0 saturated heterocycles. The Hall–Kier alpha value is -1.76. The smallest absolute Gasteiger partial charge is 0.244 e. The van der Waals surface area contributed by atoms with Crippen molar-refractivity contribution in [1.29, 1.82) is 0 Å². The number of hydrogen-bond donors (Lipinski definition) is 1.